The fraction of sp³-hybridized carbons (Fsp3) is 0.0938. The normalized spacial score (nSPS) is 14.3. The Morgan fingerprint density at radius 1 is 0.700 bits per heavy atom. The molecule has 0 radical (unpaired) electrons. The highest BCUT2D eigenvalue weighted by Crippen LogP contribution is 2.65. The first kappa shape index (κ1) is 26.9. The molecule has 7 nitrogen and oxygen atoms in total. The zero-order valence-corrected chi connectivity index (χ0v) is 22.8. The molecule has 8 heteroatoms. The van der Waals surface area contributed by atoms with Gasteiger partial charge in [0.1, 0.15) is 15.9 Å². The summed E-state index contributed by atoms with van der Waals surface area (Å²) in [4.78, 5) is 41.7. The van der Waals surface area contributed by atoms with Gasteiger partial charge in [0.2, 0.25) is 11.4 Å². The molecular formula is C32H27NO6P+. The quantitative estimate of drug-likeness (QED) is 0.153. The van der Waals surface area contributed by atoms with Crippen molar-refractivity contribution in [2.45, 2.75) is 6.04 Å². The molecular weight excluding hydrogens is 525 g/mol. The average molecular weight is 553 g/mol. The number of hydrogen-bond donors (Lipinski definition) is 1. The molecule has 1 N–H and O–H groups in total. The molecule has 0 unspecified atom stereocenters. The molecule has 0 aromatic heterocycles. The summed E-state index contributed by atoms with van der Waals surface area (Å²) in [5, 5.41) is 14.2. The van der Waals surface area contributed by atoms with Crippen molar-refractivity contribution < 1.29 is 29.0 Å². The molecule has 0 aliphatic carbocycles. The second kappa shape index (κ2) is 11.2. The van der Waals surface area contributed by atoms with Gasteiger partial charge in [0, 0.05) is 0 Å². The van der Waals surface area contributed by atoms with Gasteiger partial charge < -0.3 is 14.6 Å². The lowest BCUT2D eigenvalue weighted by Gasteiger charge is -2.35. The molecule has 0 bridgehead atoms. The van der Waals surface area contributed by atoms with Crippen LogP contribution in [0, 0.1) is 0 Å². The van der Waals surface area contributed by atoms with Crippen LogP contribution in [0.15, 0.2) is 127 Å². The van der Waals surface area contributed by atoms with Crippen molar-refractivity contribution in [3.05, 3.63) is 132 Å². The summed E-state index contributed by atoms with van der Waals surface area (Å²) in [6.45, 7) is 0. The third-order valence-corrected chi connectivity index (χ3v) is 11.3. The molecule has 0 saturated carbocycles. The first-order chi connectivity index (χ1) is 19.5. The van der Waals surface area contributed by atoms with Gasteiger partial charge in [-0.2, -0.15) is 0 Å². The maximum absolute atomic E-state index is 13.9. The van der Waals surface area contributed by atoms with Crippen LogP contribution >= 0.6 is 7.26 Å². The number of methoxy groups -OCH3 is 2. The zero-order chi connectivity index (χ0) is 28.3. The van der Waals surface area contributed by atoms with Crippen LogP contribution in [0.25, 0.3) is 0 Å². The number of carbonyl (C=O) groups excluding carboxylic acids is 3. The number of amides is 1. The number of ether oxygens (including phenoxy) is 2. The smallest absolute Gasteiger partial charge is 0.337 e. The highest BCUT2D eigenvalue weighted by Gasteiger charge is 2.60. The third kappa shape index (κ3) is 4.25. The van der Waals surface area contributed by atoms with E-state index in [1.54, 1.807) is 18.2 Å². The van der Waals surface area contributed by atoms with Gasteiger partial charge >= 0.3 is 17.8 Å². The molecule has 0 spiro atoms. The first-order valence-corrected chi connectivity index (χ1v) is 14.3. The zero-order valence-electron chi connectivity index (χ0n) is 21.9. The second-order valence-corrected chi connectivity index (χ2v) is 12.4. The summed E-state index contributed by atoms with van der Waals surface area (Å²) in [5.74, 6) is -3.01. The molecule has 0 saturated heterocycles. The number of para-hydroxylation sites is 1. The summed E-state index contributed by atoms with van der Waals surface area (Å²) in [7, 11) is -0.668. The predicted octanol–water partition coefficient (Wildman–Crippen LogP) is 4.13. The van der Waals surface area contributed by atoms with Gasteiger partial charge in [0.25, 0.3) is 5.78 Å². The monoisotopic (exact) mass is 552 g/mol. The van der Waals surface area contributed by atoms with Crippen LogP contribution in [0.4, 0.5) is 5.69 Å². The number of rotatable bonds is 8. The average Bonchev–Trinajstić information content (AvgIpc) is 3.27. The maximum Gasteiger partial charge on any atom is 0.337 e. The molecule has 200 valence electrons. The highest BCUT2D eigenvalue weighted by molar-refractivity contribution is 7.99. The Balaban J connectivity index is 1.95. The van der Waals surface area contributed by atoms with Crippen molar-refractivity contribution >= 4 is 46.5 Å². The number of carbonyl (C=O) groups is 3. The van der Waals surface area contributed by atoms with E-state index in [1.165, 1.54) is 20.3 Å². The number of Topliss-reactive ketones (excluding diaryl/α,β-unsaturated/α-hetero) is 1. The molecule has 1 atom stereocenters. The standard InChI is InChI=1S/C32H26NO6P/c1-38-31(36)27(33-26-21-13-12-20-25(26)28(34)30(33)35)29(32(37)39-2)40(22-14-6-3-7-15-22,23-16-8-4-9-17-23)24-18-10-5-11-19-24/h3-21,27H,1-2H3/p+1/b32-29-/t27-/m0/s1. The topological polar surface area (TPSA) is 93.1 Å². The van der Waals surface area contributed by atoms with Crippen LogP contribution in [-0.2, 0) is 19.1 Å². The van der Waals surface area contributed by atoms with E-state index in [9.17, 15) is 19.5 Å². The van der Waals surface area contributed by atoms with Crippen LogP contribution in [0.5, 0.6) is 0 Å². The van der Waals surface area contributed by atoms with Crippen molar-refractivity contribution in [3.63, 3.8) is 0 Å². The van der Waals surface area contributed by atoms with Crippen molar-refractivity contribution in [3.8, 4) is 0 Å². The van der Waals surface area contributed by atoms with Crippen LogP contribution in [0.2, 0.25) is 0 Å². The Bertz CT molecular complexity index is 1490. The number of benzene rings is 4. The van der Waals surface area contributed by atoms with E-state index >= 15 is 0 Å². The molecule has 1 amide bonds. The fourth-order valence-corrected chi connectivity index (χ4v) is 9.84. The molecule has 1 aliphatic heterocycles. The Kier molecular flexibility index (Phi) is 7.50. The highest BCUT2D eigenvalue weighted by atomic mass is 31.2. The second-order valence-electron chi connectivity index (χ2n) is 9.02. The lowest BCUT2D eigenvalue weighted by Crippen LogP contribution is -2.50. The Labute approximate surface area is 232 Å². The van der Waals surface area contributed by atoms with E-state index in [4.69, 9.17) is 9.47 Å². The molecule has 4 aromatic carbocycles. The number of esters is 1. The number of hydrogen-bond acceptors (Lipinski definition) is 6. The number of aliphatic hydroxyl groups is 1. The van der Waals surface area contributed by atoms with Crippen LogP contribution < -0.4 is 20.8 Å². The number of nitrogens with zero attached hydrogens (tertiary/aromatic N) is 1. The number of anilines is 1. The summed E-state index contributed by atoms with van der Waals surface area (Å²) in [5.41, 5.74) is 0.419. The molecule has 1 aliphatic rings. The van der Waals surface area contributed by atoms with Gasteiger partial charge in [-0.3, -0.25) is 14.5 Å². The van der Waals surface area contributed by atoms with Crippen LogP contribution in [0.3, 0.4) is 0 Å². The minimum Gasteiger partial charge on any atom is -0.478 e. The van der Waals surface area contributed by atoms with E-state index in [2.05, 4.69) is 0 Å². The van der Waals surface area contributed by atoms with E-state index in [-0.39, 0.29) is 16.6 Å². The maximum atomic E-state index is 13.9. The van der Waals surface area contributed by atoms with Crippen LogP contribution in [-0.4, -0.2) is 43.0 Å². The van der Waals surface area contributed by atoms with Gasteiger partial charge in [-0.1, -0.05) is 66.7 Å². The first-order valence-electron chi connectivity index (χ1n) is 12.5. The molecule has 4 aromatic rings. The van der Waals surface area contributed by atoms with Gasteiger partial charge in [0.05, 0.1) is 25.5 Å². The molecule has 5 rings (SSSR count). The van der Waals surface area contributed by atoms with E-state index < -0.39 is 36.9 Å². The van der Waals surface area contributed by atoms with Crippen LogP contribution in [0.1, 0.15) is 10.4 Å². The minimum atomic E-state index is -3.17. The number of fused-ring (bicyclic) bond motifs is 1. The molecule has 40 heavy (non-hydrogen) atoms. The van der Waals surface area contributed by atoms with E-state index in [1.807, 2.05) is 91.0 Å². The summed E-state index contributed by atoms with van der Waals surface area (Å²) < 4.78 is 10.8. The van der Waals surface area contributed by atoms with Crippen molar-refractivity contribution in [1.82, 2.24) is 0 Å². The summed E-state index contributed by atoms with van der Waals surface area (Å²) >= 11 is 0. The SMILES string of the molecule is COC(=O)[C@H](/C(=C(\O)OC)[P+](c1ccccc1)(c1ccccc1)c1ccccc1)N1C(=O)C(=O)c2ccccc21. The van der Waals surface area contributed by atoms with Gasteiger partial charge in [-0.15, -0.1) is 0 Å². The minimum absolute atomic E-state index is 0.128. The van der Waals surface area contributed by atoms with Crippen molar-refractivity contribution in [2.24, 2.45) is 0 Å². The van der Waals surface area contributed by atoms with E-state index in [0.29, 0.717) is 0 Å². The molecule has 1 heterocycles. The summed E-state index contributed by atoms with van der Waals surface area (Å²) in [6, 6.07) is 33.4. The third-order valence-electron chi connectivity index (χ3n) is 6.97. The predicted molar refractivity (Wildman–Crippen MR) is 156 cm³/mol. The number of ketones is 1. The largest absolute Gasteiger partial charge is 0.478 e. The number of aliphatic hydroxyl groups excluding tert-OH is 1. The van der Waals surface area contributed by atoms with Gasteiger partial charge in [-0.05, 0) is 48.5 Å². The Morgan fingerprint density at radius 2 is 1.15 bits per heavy atom. The lowest BCUT2D eigenvalue weighted by molar-refractivity contribution is -0.142. The van der Waals surface area contributed by atoms with Crippen molar-refractivity contribution in [1.29, 1.82) is 0 Å². The Morgan fingerprint density at radius 3 is 1.60 bits per heavy atom. The van der Waals surface area contributed by atoms with Crippen molar-refractivity contribution in [2.75, 3.05) is 19.1 Å². The fourth-order valence-electron chi connectivity index (χ4n) is 5.28. The lowest BCUT2D eigenvalue weighted by atomic mass is 10.1. The Hall–Kier alpha value is -4.74. The van der Waals surface area contributed by atoms with Gasteiger partial charge in [0.15, 0.2) is 7.26 Å². The van der Waals surface area contributed by atoms with Gasteiger partial charge in [-0.25, -0.2) is 4.79 Å². The molecule has 0 fully saturated rings. The van der Waals surface area contributed by atoms with E-state index in [0.717, 1.165) is 20.8 Å². The summed E-state index contributed by atoms with van der Waals surface area (Å²) in [6.07, 6.45) is 0.